The molecule has 0 saturated carbocycles. The molecular formula is C15H21ClN4O2. The van der Waals surface area contributed by atoms with Crippen LogP contribution in [0.15, 0.2) is 18.2 Å². The maximum Gasteiger partial charge on any atom is 0.313 e. The summed E-state index contributed by atoms with van der Waals surface area (Å²) in [6.07, 6.45) is 1.74. The normalized spacial score (nSPS) is 16.3. The van der Waals surface area contributed by atoms with Crippen molar-refractivity contribution in [2.45, 2.75) is 18.9 Å². The van der Waals surface area contributed by atoms with Crippen LogP contribution in [0.4, 0.5) is 11.4 Å². The van der Waals surface area contributed by atoms with Gasteiger partial charge in [-0.05, 0) is 51.2 Å². The van der Waals surface area contributed by atoms with E-state index >= 15 is 0 Å². The molecule has 1 saturated heterocycles. The summed E-state index contributed by atoms with van der Waals surface area (Å²) >= 11 is 6.00. The van der Waals surface area contributed by atoms with E-state index in [1.807, 2.05) is 7.05 Å². The standard InChI is InChI=1S/C15H21ClN4O2/c1-19-7-5-11(6-8-19)20(2)15(22)14(21)18-13-4-3-10(17)9-12(13)16/h3-4,9,11H,5-8,17H2,1-2H3,(H,18,21). The van der Waals surface area contributed by atoms with Crippen molar-refractivity contribution in [1.29, 1.82) is 0 Å². The summed E-state index contributed by atoms with van der Waals surface area (Å²) in [7, 11) is 3.72. The molecule has 7 heteroatoms. The van der Waals surface area contributed by atoms with Crippen molar-refractivity contribution in [1.82, 2.24) is 9.80 Å². The first-order chi connectivity index (χ1) is 10.4. The van der Waals surface area contributed by atoms with Crippen LogP contribution in [0.3, 0.4) is 0 Å². The Morgan fingerprint density at radius 1 is 1.36 bits per heavy atom. The second kappa shape index (κ2) is 6.98. The zero-order chi connectivity index (χ0) is 16.3. The van der Waals surface area contributed by atoms with E-state index < -0.39 is 11.8 Å². The lowest BCUT2D eigenvalue weighted by Crippen LogP contribution is -2.47. The van der Waals surface area contributed by atoms with Gasteiger partial charge in [0.25, 0.3) is 0 Å². The van der Waals surface area contributed by atoms with E-state index in [0.717, 1.165) is 25.9 Å². The zero-order valence-electron chi connectivity index (χ0n) is 12.8. The van der Waals surface area contributed by atoms with Gasteiger partial charge in [-0.2, -0.15) is 0 Å². The lowest BCUT2D eigenvalue weighted by molar-refractivity contribution is -0.144. The molecule has 2 rings (SSSR count). The Morgan fingerprint density at radius 3 is 2.59 bits per heavy atom. The molecule has 1 aliphatic rings. The van der Waals surface area contributed by atoms with Crippen LogP contribution in [0.5, 0.6) is 0 Å². The average Bonchev–Trinajstić information content (AvgIpc) is 2.49. The Labute approximate surface area is 135 Å². The van der Waals surface area contributed by atoms with Gasteiger partial charge in [0.15, 0.2) is 0 Å². The lowest BCUT2D eigenvalue weighted by atomic mass is 10.0. The molecule has 2 amide bonds. The number of likely N-dealkylation sites (tertiary alicyclic amines) is 1. The van der Waals surface area contributed by atoms with E-state index in [4.69, 9.17) is 17.3 Å². The molecule has 1 fully saturated rings. The van der Waals surface area contributed by atoms with Gasteiger partial charge in [-0.3, -0.25) is 9.59 Å². The number of nitrogens with two attached hydrogens (primary N) is 1. The molecular weight excluding hydrogens is 304 g/mol. The summed E-state index contributed by atoms with van der Waals surface area (Å²) in [6.45, 7) is 1.85. The van der Waals surface area contributed by atoms with Crippen LogP contribution < -0.4 is 11.1 Å². The number of likely N-dealkylation sites (N-methyl/N-ethyl adjacent to an activating group) is 1. The molecule has 6 nitrogen and oxygen atoms in total. The van der Waals surface area contributed by atoms with Gasteiger partial charge in [-0.15, -0.1) is 0 Å². The van der Waals surface area contributed by atoms with Gasteiger partial charge in [0.1, 0.15) is 0 Å². The number of nitrogens with zero attached hydrogens (tertiary/aromatic N) is 2. The number of carbonyl (C=O) groups is 2. The first-order valence-corrected chi connectivity index (χ1v) is 7.58. The van der Waals surface area contributed by atoms with Crippen molar-refractivity contribution in [3.8, 4) is 0 Å². The number of anilines is 2. The highest BCUT2D eigenvalue weighted by atomic mass is 35.5. The number of rotatable bonds is 2. The third kappa shape index (κ3) is 3.90. The Kier molecular flexibility index (Phi) is 5.26. The summed E-state index contributed by atoms with van der Waals surface area (Å²) in [5.41, 5.74) is 6.48. The molecule has 0 unspecified atom stereocenters. The van der Waals surface area contributed by atoms with Gasteiger partial charge in [-0.25, -0.2) is 0 Å². The highest BCUT2D eigenvalue weighted by molar-refractivity contribution is 6.41. The number of piperidine rings is 1. The molecule has 0 atom stereocenters. The molecule has 1 aromatic carbocycles. The fourth-order valence-corrected chi connectivity index (χ4v) is 2.75. The van der Waals surface area contributed by atoms with Crippen LogP contribution in [-0.4, -0.2) is 54.8 Å². The number of halogens is 1. The summed E-state index contributed by atoms with van der Waals surface area (Å²) in [4.78, 5) is 28.1. The Bertz CT molecular complexity index is 571. The van der Waals surface area contributed by atoms with Gasteiger partial charge in [0.05, 0.1) is 10.7 Å². The second-order valence-electron chi connectivity index (χ2n) is 5.64. The number of amides is 2. The molecule has 120 valence electrons. The summed E-state index contributed by atoms with van der Waals surface area (Å²) in [5.74, 6) is -1.24. The summed E-state index contributed by atoms with van der Waals surface area (Å²) in [5, 5.41) is 2.85. The molecule has 1 aromatic rings. The molecule has 0 aliphatic carbocycles. The molecule has 1 heterocycles. The van der Waals surface area contributed by atoms with E-state index in [1.165, 1.54) is 11.0 Å². The number of nitrogens with one attached hydrogen (secondary N) is 1. The van der Waals surface area contributed by atoms with Gasteiger partial charge >= 0.3 is 11.8 Å². The largest absolute Gasteiger partial charge is 0.399 e. The van der Waals surface area contributed by atoms with Gasteiger partial charge in [0, 0.05) is 18.8 Å². The number of carbonyl (C=O) groups excluding carboxylic acids is 2. The minimum atomic E-state index is -0.687. The molecule has 0 radical (unpaired) electrons. The van der Waals surface area contributed by atoms with Crippen LogP contribution in [0, 0.1) is 0 Å². The number of hydrogen-bond acceptors (Lipinski definition) is 4. The van der Waals surface area contributed by atoms with Crippen LogP contribution >= 0.6 is 11.6 Å². The predicted molar refractivity (Wildman–Crippen MR) is 87.8 cm³/mol. The first kappa shape index (κ1) is 16.6. The number of benzene rings is 1. The van der Waals surface area contributed by atoms with Gasteiger partial charge < -0.3 is 20.9 Å². The monoisotopic (exact) mass is 324 g/mol. The summed E-state index contributed by atoms with van der Waals surface area (Å²) < 4.78 is 0. The van der Waals surface area contributed by atoms with Crippen molar-refractivity contribution in [3.63, 3.8) is 0 Å². The summed E-state index contributed by atoms with van der Waals surface area (Å²) in [6, 6.07) is 4.82. The van der Waals surface area contributed by atoms with Crippen LogP contribution in [-0.2, 0) is 9.59 Å². The van der Waals surface area contributed by atoms with E-state index in [-0.39, 0.29) is 6.04 Å². The number of nitrogen functional groups attached to an aromatic ring is 1. The Morgan fingerprint density at radius 2 is 2.00 bits per heavy atom. The molecule has 0 aromatic heterocycles. The van der Waals surface area contributed by atoms with Crippen LogP contribution in [0.2, 0.25) is 5.02 Å². The third-order valence-corrected chi connectivity index (χ3v) is 4.30. The van der Waals surface area contributed by atoms with Crippen molar-refractivity contribution in [2.24, 2.45) is 0 Å². The van der Waals surface area contributed by atoms with E-state index in [0.29, 0.717) is 16.4 Å². The SMILES string of the molecule is CN1CCC(N(C)C(=O)C(=O)Nc2ccc(N)cc2Cl)CC1. The average molecular weight is 325 g/mol. The van der Waals surface area contributed by atoms with Crippen molar-refractivity contribution in [2.75, 3.05) is 38.2 Å². The van der Waals surface area contributed by atoms with E-state index in [9.17, 15) is 9.59 Å². The fraction of sp³-hybridized carbons (Fsp3) is 0.467. The van der Waals surface area contributed by atoms with Crippen LogP contribution in [0.25, 0.3) is 0 Å². The minimum Gasteiger partial charge on any atom is -0.399 e. The highest BCUT2D eigenvalue weighted by Gasteiger charge is 2.28. The van der Waals surface area contributed by atoms with E-state index in [1.54, 1.807) is 19.2 Å². The molecule has 3 N–H and O–H groups in total. The maximum absolute atomic E-state index is 12.2. The zero-order valence-corrected chi connectivity index (χ0v) is 13.6. The lowest BCUT2D eigenvalue weighted by Gasteiger charge is -2.34. The first-order valence-electron chi connectivity index (χ1n) is 7.20. The molecule has 0 spiro atoms. The van der Waals surface area contributed by atoms with E-state index in [2.05, 4.69) is 10.2 Å². The van der Waals surface area contributed by atoms with Crippen molar-refractivity contribution < 1.29 is 9.59 Å². The molecule has 0 bridgehead atoms. The predicted octanol–water partition coefficient (Wildman–Crippen LogP) is 1.41. The molecule has 22 heavy (non-hydrogen) atoms. The van der Waals surface area contributed by atoms with Gasteiger partial charge in [-0.1, -0.05) is 11.6 Å². The van der Waals surface area contributed by atoms with Crippen molar-refractivity contribution >= 4 is 34.8 Å². The van der Waals surface area contributed by atoms with Crippen LogP contribution in [0.1, 0.15) is 12.8 Å². The highest BCUT2D eigenvalue weighted by Crippen LogP contribution is 2.24. The van der Waals surface area contributed by atoms with Crippen molar-refractivity contribution in [3.05, 3.63) is 23.2 Å². The Balaban J connectivity index is 1.98. The Hall–Kier alpha value is -1.79. The quantitative estimate of drug-likeness (QED) is 0.637. The second-order valence-corrected chi connectivity index (χ2v) is 6.05. The van der Waals surface area contributed by atoms with Gasteiger partial charge in [0.2, 0.25) is 0 Å². The topological polar surface area (TPSA) is 78.7 Å². The smallest absolute Gasteiger partial charge is 0.313 e. The third-order valence-electron chi connectivity index (χ3n) is 3.99. The maximum atomic E-state index is 12.2. The minimum absolute atomic E-state index is 0.0938. The number of hydrogen-bond donors (Lipinski definition) is 2. The molecule has 1 aliphatic heterocycles. The fourth-order valence-electron chi connectivity index (χ4n) is 2.52.